The summed E-state index contributed by atoms with van der Waals surface area (Å²) in [6.07, 6.45) is 5.10. The third-order valence-electron chi connectivity index (χ3n) is 4.27. The lowest BCUT2D eigenvalue weighted by Crippen LogP contribution is -2.39. The maximum absolute atomic E-state index is 12.3. The van der Waals surface area contributed by atoms with E-state index in [-0.39, 0.29) is 18.1 Å². The number of nitriles is 1. The summed E-state index contributed by atoms with van der Waals surface area (Å²) in [4.78, 5) is 16.4. The maximum Gasteiger partial charge on any atom is 0.251 e. The van der Waals surface area contributed by atoms with Crippen molar-refractivity contribution in [2.45, 2.75) is 37.8 Å². The van der Waals surface area contributed by atoms with Crippen LogP contribution in [-0.4, -0.2) is 23.0 Å². The highest BCUT2D eigenvalue weighted by molar-refractivity contribution is 9.10. The fraction of sp³-hybridized carbons (Fsp3) is 0.316. The first-order valence-corrected chi connectivity index (χ1v) is 9.02. The molecule has 1 aromatic carbocycles. The summed E-state index contributed by atoms with van der Waals surface area (Å²) in [6.45, 7) is 0. The van der Waals surface area contributed by atoms with Crippen molar-refractivity contribution in [3.05, 3.63) is 58.2 Å². The van der Waals surface area contributed by atoms with E-state index in [4.69, 9.17) is 10.00 Å². The number of carbonyl (C=O) groups is 1. The Hall–Kier alpha value is -2.39. The van der Waals surface area contributed by atoms with Gasteiger partial charge in [-0.3, -0.25) is 4.79 Å². The van der Waals surface area contributed by atoms with Crippen LogP contribution in [0.4, 0.5) is 0 Å². The van der Waals surface area contributed by atoms with Gasteiger partial charge in [-0.25, -0.2) is 4.98 Å². The lowest BCUT2D eigenvalue weighted by atomic mass is 9.92. The summed E-state index contributed by atoms with van der Waals surface area (Å²) < 4.78 is 6.82. The zero-order valence-electron chi connectivity index (χ0n) is 13.6. The predicted molar refractivity (Wildman–Crippen MR) is 97.2 cm³/mol. The van der Waals surface area contributed by atoms with Crippen LogP contribution in [0.2, 0.25) is 0 Å². The quantitative estimate of drug-likeness (QED) is 0.847. The van der Waals surface area contributed by atoms with Gasteiger partial charge in [-0.05, 0) is 56.0 Å². The molecule has 1 aliphatic rings. The fourth-order valence-electron chi connectivity index (χ4n) is 2.88. The molecule has 0 bridgehead atoms. The number of aromatic nitrogens is 1. The normalized spacial score (nSPS) is 19.7. The van der Waals surface area contributed by atoms with Crippen molar-refractivity contribution in [3.63, 3.8) is 0 Å². The van der Waals surface area contributed by atoms with E-state index >= 15 is 0 Å². The number of amides is 1. The number of hydrogen-bond donors (Lipinski definition) is 1. The Morgan fingerprint density at radius 3 is 2.48 bits per heavy atom. The van der Waals surface area contributed by atoms with Gasteiger partial charge in [-0.15, -0.1) is 0 Å². The largest absolute Gasteiger partial charge is 0.474 e. The van der Waals surface area contributed by atoms with E-state index < -0.39 is 0 Å². The van der Waals surface area contributed by atoms with Crippen LogP contribution in [0.5, 0.6) is 5.88 Å². The lowest BCUT2D eigenvalue weighted by Gasteiger charge is -2.29. The molecule has 1 saturated carbocycles. The molecule has 1 heterocycles. The molecule has 2 aromatic rings. The molecule has 1 amide bonds. The third kappa shape index (κ3) is 4.80. The number of carbonyl (C=O) groups excluding carboxylic acids is 1. The first-order valence-electron chi connectivity index (χ1n) is 8.23. The zero-order valence-corrected chi connectivity index (χ0v) is 15.2. The zero-order chi connectivity index (χ0) is 17.6. The summed E-state index contributed by atoms with van der Waals surface area (Å²) in [5.74, 6) is 0.506. The van der Waals surface area contributed by atoms with Crippen molar-refractivity contribution < 1.29 is 9.53 Å². The van der Waals surface area contributed by atoms with Crippen LogP contribution < -0.4 is 10.1 Å². The van der Waals surface area contributed by atoms with Gasteiger partial charge >= 0.3 is 0 Å². The molecule has 0 spiro atoms. The summed E-state index contributed by atoms with van der Waals surface area (Å²) in [5.41, 5.74) is 1.19. The average molecular weight is 400 g/mol. The monoisotopic (exact) mass is 399 g/mol. The molecule has 128 valence electrons. The average Bonchev–Trinajstić information content (AvgIpc) is 2.64. The first kappa shape index (κ1) is 17.4. The maximum atomic E-state index is 12.3. The molecule has 1 N–H and O–H groups in total. The second-order valence-corrected chi connectivity index (χ2v) is 6.98. The van der Waals surface area contributed by atoms with Crippen molar-refractivity contribution in [2.24, 2.45) is 0 Å². The fourth-order valence-corrected chi connectivity index (χ4v) is 3.15. The van der Waals surface area contributed by atoms with Crippen LogP contribution in [-0.2, 0) is 0 Å². The van der Waals surface area contributed by atoms with Crippen molar-refractivity contribution in [3.8, 4) is 11.9 Å². The molecule has 0 aliphatic heterocycles. The highest BCUT2D eigenvalue weighted by atomic mass is 79.9. The highest BCUT2D eigenvalue weighted by Gasteiger charge is 2.24. The molecule has 1 fully saturated rings. The van der Waals surface area contributed by atoms with E-state index in [2.05, 4.69) is 26.2 Å². The Morgan fingerprint density at radius 1 is 1.16 bits per heavy atom. The van der Waals surface area contributed by atoms with Crippen molar-refractivity contribution in [1.82, 2.24) is 10.3 Å². The topological polar surface area (TPSA) is 75.0 Å². The van der Waals surface area contributed by atoms with Crippen LogP contribution >= 0.6 is 15.9 Å². The van der Waals surface area contributed by atoms with Crippen LogP contribution in [0, 0.1) is 11.3 Å². The number of nitrogens with zero attached hydrogens (tertiary/aromatic N) is 2. The number of nitrogens with one attached hydrogen (secondary N) is 1. The second-order valence-electron chi connectivity index (χ2n) is 6.07. The highest BCUT2D eigenvalue weighted by Crippen LogP contribution is 2.23. The van der Waals surface area contributed by atoms with E-state index in [9.17, 15) is 4.79 Å². The minimum atomic E-state index is -0.0365. The van der Waals surface area contributed by atoms with E-state index in [1.165, 1.54) is 6.20 Å². The van der Waals surface area contributed by atoms with Crippen molar-refractivity contribution in [1.29, 1.82) is 5.26 Å². The van der Waals surface area contributed by atoms with Gasteiger partial charge in [0.05, 0.1) is 5.56 Å². The summed E-state index contributed by atoms with van der Waals surface area (Å²) >= 11 is 3.37. The third-order valence-corrected chi connectivity index (χ3v) is 4.80. The summed E-state index contributed by atoms with van der Waals surface area (Å²) in [5, 5.41) is 11.9. The number of halogens is 1. The van der Waals surface area contributed by atoms with Crippen LogP contribution in [0.1, 0.15) is 41.6 Å². The minimum absolute atomic E-state index is 0.0365. The molecule has 0 saturated heterocycles. The molecule has 25 heavy (non-hydrogen) atoms. The van der Waals surface area contributed by atoms with Crippen molar-refractivity contribution in [2.75, 3.05) is 0 Å². The van der Waals surface area contributed by atoms with Crippen LogP contribution in [0.3, 0.4) is 0 Å². The predicted octanol–water partition coefficient (Wildman–Crippen LogP) is 3.84. The van der Waals surface area contributed by atoms with Crippen LogP contribution in [0.25, 0.3) is 0 Å². The number of hydrogen-bond acceptors (Lipinski definition) is 4. The molecule has 0 unspecified atom stereocenters. The van der Waals surface area contributed by atoms with E-state index in [0.29, 0.717) is 17.0 Å². The summed E-state index contributed by atoms with van der Waals surface area (Å²) in [7, 11) is 0. The Morgan fingerprint density at radius 2 is 1.88 bits per heavy atom. The minimum Gasteiger partial charge on any atom is -0.474 e. The molecule has 5 nitrogen and oxygen atoms in total. The molecule has 0 atom stereocenters. The number of benzene rings is 1. The Labute approximate surface area is 155 Å². The van der Waals surface area contributed by atoms with E-state index in [1.54, 1.807) is 12.1 Å². The first-order chi connectivity index (χ1) is 12.1. The smallest absolute Gasteiger partial charge is 0.251 e. The number of ether oxygens (including phenoxy) is 1. The van der Waals surface area contributed by atoms with Crippen molar-refractivity contribution >= 4 is 21.8 Å². The van der Waals surface area contributed by atoms with Gasteiger partial charge in [0, 0.05) is 28.3 Å². The second kappa shape index (κ2) is 8.13. The van der Waals surface area contributed by atoms with E-state index in [0.717, 1.165) is 30.2 Å². The lowest BCUT2D eigenvalue weighted by molar-refractivity contribution is 0.0890. The van der Waals surface area contributed by atoms with Gasteiger partial charge in [-0.2, -0.15) is 5.26 Å². The van der Waals surface area contributed by atoms with E-state index in [1.807, 2.05) is 30.3 Å². The Balaban J connectivity index is 1.47. The van der Waals surface area contributed by atoms with Gasteiger partial charge in [0.2, 0.25) is 5.88 Å². The molecule has 0 radical (unpaired) electrons. The molecule has 1 aromatic heterocycles. The molecular weight excluding hydrogens is 382 g/mol. The standard InChI is InChI=1S/C19H18BrN3O2/c20-15-4-2-14(3-5-15)19(24)23-16-6-8-17(9-7-16)25-18-10-1-13(11-21)12-22-18/h1-5,10,12,16-17H,6-9H2,(H,23,24). The number of pyridine rings is 1. The van der Waals surface area contributed by atoms with Gasteiger partial charge in [-0.1, -0.05) is 15.9 Å². The van der Waals surface area contributed by atoms with Gasteiger partial charge < -0.3 is 10.1 Å². The van der Waals surface area contributed by atoms with Crippen LogP contribution in [0.15, 0.2) is 47.1 Å². The summed E-state index contributed by atoms with van der Waals surface area (Å²) in [6, 6.07) is 13.0. The molecule has 6 heteroatoms. The van der Waals surface area contributed by atoms with Gasteiger partial charge in [0.1, 0.15) is 12.2 Å². The molecular formula is C19H18BrN3O2. The SMILES string of the molecule is N#Cc1ccc(OC2CCC(NC(=O)c3ccc(Br)cc3)CC2)nc1. The Kier molecular flexibility index (Phi) is 5.67. The van der Waals surface area contributed by atoms with Gasteiger partial charge in [0.15, 0.2) is 0 Å². The molecule has 1 aliphatic carbocycles. The Bertz CT molecular complexity index is 761. The number of rotatable bonds is 4. The molecule has 3 rings (SSSR count). The van der Waals surface area contributed by atoms with Gasteiger partial charge in [0.25, 0.3) is 5.91 Å².